The second-order valence-corrected chi connectivity index (χ2v) is 7.96. The monoisotopic (exact) mass is 411 g/mol. The van der Waals surface area contributed by atoms with Gasteiger partial charge in [0, 0.05) is 12.2 Å². The number of rotatable bonds is 3. The largest absolute Gasteiger partial charge is 0.336 e. The number of hydrogen-bond acceptors (Lipinski definition) is 3. The van der Waals surface area contributed by atoms with E-state index in [1.165, 1.54) is 11.1 Å². The normalized spacial score (nSPS) is 17.9. The van der Waals surface area contributed by atoms with E-state index in [2.05, 4.69) is 10.6 Å². The van der Waals surface area contributed by atoms with Crippen molar-refractivity contribution in [1.29, 1.82) is 0 Å². The molecule has 0 radical (unpaired) electrons. The summed E-state index contributed by atoms with van der Waals surface area (Å²) in [6.45, 7) is 2.35. The fourth-order valence-electron chi connectivity index (χ4n) is 3.95. The number of carbonyl (C=O) groups excluding carboxylic acids is 3. The Morgan fingerprint density at radius 2 is 1.86 bits per heavy atom. The highest BCUT2D eigenvalue weighted by Gasteiger charge is 2.35. The molecule has 1 heterocycles. The first kappa shape index (κ1) is 19.5. The van der Waals surface area contributed by atoms with Crippen LogP contribution in [-0.4, -0.2) is 30.3 Å². The van der Waals surface area contributed by atoms with Gasteiger partial charge in [-0.3, -0.25) is 14.4 Å². The Bertz CT molecular complexity index is 1000. The summed E-state index contributed by atoms with van der Waals surface area (Å²) in [7, 11) is 0. The first-order chi connectivity index (χ1) is 13.9. The molecule has 29 heavy (non-hydrogen) atoms. The molecule has 1 unspecified atom stereocenters. The molecule has 1 aliphatic heterocycles. The minimum absolute atomic E-state index is 0.269. The number of anilines is 2. The van der Waals surface area contributed by atoms with Gasteiger partial charge in [0.2, 0.25) is 5.91 Å². The van der Waals surface area contributed by atoms with Crippen molar-refractivity contribution in [3.63, 3.8) is 0 Å². The first-order valence-corrected chi connectivity index (χ1v) is 10.1. The predicted octanol–water partition coefficient (Wildman–Crippen LogP) is 3.00. The molecule has 1 saturated heterocycles. The zero-order chi connectivity index (χ0) is 20.5. The summed E-state index contributed by atoms with van der Waals surface area (Å²) in [4.78, 5) is 38.9. The van der Waals surface area contributed by atoms with Crippen LogP contribution in [0.1, 0.15) is 29.5 Å². The van der Waals surface area contributed by atoms with Gasteiger partial charge in [-0.15, -0.1) is 0 Å². The van der Waals surface area contributed by atoms with Crippen molar-refractivity contribution in [2.75, 3.05) is 16.8 Å². The van der Waals surface area contributed by atoms with Gasteiger partial charge in [-0.2, -0.15) is 0 Å². The molecular weight excluding hydrogens is 390 g/mol. The number of hydrogen-bond donors (Lipinski definition) is 2. The SMILES string of the molecule is Cc1ccc(N2CCC(NC(=O)C(=O)Nc3ccc4c(c3)CCC4)C2=O)c(Cl)c1. The molecule has 1 atom stereocenters. The molecule has 0 bridgehead atoms. The molecule has 1 aliphatic carbocycles. The molecule has 150 valence electrons. The summed E-state index contributed by atoms with van der Waals surface area (Å²) in [6, 6.07) is 10.4. The van der Waals surface area contributed by atoms with Crippen LogP contribution in [0, 0.1) is 6.92 Å². The van der Waals surface area contributed by atoms with E-state index in [4.69, 9.17) is 11.6 Å². The van der Waals surface area contributed by atoms with E-state index in [9.17, 15) is 14.4 Å². The Morgan fingerprint density at radius 3 is 2.66 bits per heavy atom. The van der Waals surface area contributed by atoms with E-state index in [-0.39, 0.29) is 5.91 Å². The lowest BCUT2D eigenvalue weighted by Gasteiger charge is -2.19. The zero-order valence-corrected chi connectivity index (χ0v) is 16.9. The number of carbonyl (C=O) groups is 3. The fourth-order valence-corrected chi connectivity index (χ4v) is 4.28. The second-order valence-electron chi connectivity index (χ2n) is 7.55. The summed E-state index contributed by atoms with van der Waals surface area (Å²) >= 11 is 6.26. The standard InChI is InChI=1S/C22H22ClN3O3/c1-13-5-8-19(17(23)11-13)26-10-9-18(22(26)29)25-21(28)20(27)24-16-7-6-14-3-2-4-15(14)12-16/h5-8,11-12,18H,2-4,9-10H2,1H3,(H,24,27)(H,25,28). The van der Waals surface area contributed by atoms with Crippen molar-refractivity contribution in [2.24, 2.45) is 0 Å². The van der Waals surface area contributed by atoms with Crippen LogP contribution in [0.15, 0.2) is 36.4 Å². The molecule has 4 rings (SSSR count). The molecule has 2 aromatic rings. The number of halogens is 1. The van der Waals surface area contributed by atoms with Crippen LogP contribution in [-0.2, 0) is 27.2 Å². The van der Waals surface area contributed by atoms with Gasteiger partial charge in [-0.05, 0) is 73.6 Å². The van der Waals surface area contributed by atoms with Gasteiger partial charge in [-0.1, -0.05) is 23.7 Å². The number of fused-ring (bicyclic) bond motifs is 1. The van der Waals surface area contributed by atoms with Crippen molar-refractivity contribution >= 4 is 40.7 Å². The van der Waals surface area contributed by atoms with E-state index in [0.29, 0.717) is 29.4 Å². The number of benzene rings is 2. The molecule has 7 heteroatoms. The predicted molar refractivity (Wildman–Crippen MR) is 112 cm³/mol. The second kappa shape index (κ2) is 7.87. The zero-order valence-electron chi connectivity index (χ0n) is 16.1. The van der Waals surface area contributed by atoms with Gasteiger partial charge < -0.3 is 15.5 Å². The molecule has 0 aromatic heterocycles. The smallest absolute Gasteiger partial charge is 0.313 e. The summed E-state index contributed by atoms with van der Waals surface area (Å²) in [5, 5.41) is 5.65. The third kappa shape index (κ3) is 3.98. The number of nitrogens with one attached hydrogen (secondary N) is 2. The van der Waals surface area contributed by atoms with Gasteiger partial charge >= 0.3 is 11.8 Å². The maximum Gasteiger partial charge on any atom is 0.313 e. The third-order valence-electron chi connectivity index (χ3n) is 5.47. The lowest BCUT2D eigenvalue weighted by Crippen LogP contribution is -2.46. The van der Waals surface area contributed by atoms with Gasteiger partial charge in [0.1, 0.15) is 6.04 Å². The van der Waals surface area contributed by atoms with Gasteiger partial charge in [0.25, 0.3) is 0 Å². The van der Waals surface area contributed by atoms with Crippen LogP contribution >= 0.6 is 11.6 Å². The molecular formula is C22H22ClN3O3. The summed E-state index contributed by atoms with van der Waals surface area (Å²) in [5.74, 6) is -1.86. The third-order valence-corrected chi connectivity index (χ3v) is 5.77. The molecule has 0 saturated carbocycles. The highest BCUT2D eigenvalue weighted by atomic mass is 35.5. The molecule has 2 aliphatic rings. The summed E-state index contributed by atoms with van der Waals surface area (Å²) < 4.78 is 0. The van der Waals surface area contributed by atoms with Gasteiger partial charge in [0.15, 0.2) is 0 Å². The molecule has 2 N–H and O–H groups in total. The van der Waals surface area contributed by atoms with Crippen LogP contribution in [0.5, 0.6) is 0 Å². The van der Waals surface area contributed by atoms with Crippen LogP contribution in [0.4, 0.5) is 11.4 Å². The van der Waals surface area contributed by atoms with E-state index < -0.39 is 17.9 Å². The lowest BCUT2D eigenvalue weighted by atomic mass is 10.1. The molecule has 1 fully saturated rings. The van der Waals surface area contributed by atoms with Crippen LogP contribution in [0.3, 0.4) is 0 Å². The van der Waals surface area contributed by atoms with Crippen LogP contribution < -0.4 is 15.5 Å². The van der Waals surface area contributed by atoms with E-state index >= 15 is 0 Å². The molecule has 6 nitrogen and oxygen atoms in total. The first-order valence-electron chi connectivity index (χ1n) is 9.73. The van der Waals surface area contributed by atoms with Crippen LogP contribution in [0.25, 0.3) is 0 Å². The topological polar surface area (TPSA) is 78.5 Å². The Morgan fingerprint density at radius 1 is 1.07 bits per heavy atom. The fraction of sp³-hybridized carbons (Fsp3) is 0.318. The molecule has 3 amide bonds. The Hall–Kier alpha value is -2.86. The average Bonchev–Trinajstić information content (AvgIpc) is 3.29. The van der Waals surface area contributed by atoms with Crippen LogP contribution in [0.2, 0.25) is 5.02 Å². The quantitative estimate of drug-likeness (QED) is 0.762. The van der Waals surface area contributed by atoms with E-state index in [1.54, 1.807) is 23.1 Å². The Kier molecular flexibility index (Phi) is 5.28. The average molecular weight is 412 g/mol. The lowest BCUT2D eigenvalue weighted by molar-refractivity contribution is -0.137. The van der Waals surface area contributed by atoms with Crippen molar-refractivity contribution in [1.82, 2.24) is 5.32 Å². The van der Waals surface area contributed by atoms with E-state index in [1.807, 2.05) is 25.1 Å². The van der Waals surface area contributed by atoms with E-state index in [0.717, 1.165) is 24.8 Å². The van der Waals surface area contributed by atoms with Crippen molar-refractivity contribution in [2.45, 2.75) is 38.6 Å². The molecule has 2 aromatic carbocycles. The summed E-state index contributed by atoms with van der Waals surface area (Å²) in [6.07, 6.45) is 3.56. The maximum atomic E-state index is 12.7. The highest BCUT2D eigenvalue weighted by molar-refractivity contribution is 6.40. The minimum atomic E-state index is -0.819. The maximum absolute atomic E-state index is 12.7. The van der Waals surface area contributed by atoms with Crippen molar-refractivity contribution in [3.05, 3.63) is 58.1 Å². The Labute approximate surface area is 174 Å². The van der Waals surface area contributed by atoms with Crippen molar-refractivity contribution < 1.29 is 14.4 Å². The minimum Gasteiger partial charge on any atom is -0.336 e. The van der Waals surface area contributed by atoms with Crippen molar-refractivity contribution in [3.8, 4) is 0 Å². The van der Waals surface area contributed by atoms with Gasteiger partial charge in [0.05, 0.1) is 10.7 Å². The summed E-state index contributed by atoms with van der Waals surface area (Å²) in [5.41, 5.74) is 4.70. The number of aryl methyl sites for hydroxylation is 3. The van der Waals surface area contributed by atoms with Gasteiger partial charge in [-0.25, -0.2) is 0 Å². The Balaban J connectivity index is 1.38. The number of nitrogens with zero attached hydrogens (tertiary/aromatic N) is 1. The molecule has 0 spiro atoms. The highest BCUT2D eigenvalue weighted by Crippen LogP contribution is 2.30. The number of amides is 3.